The Morgan fingerprint density at radius 1 is 1.12 bits per heavy atom. The average molecular weight is 302 g/mol. The Morgan fingerprint density at radius 3 is 2.29 bits per heavy atom. The van der Waals surface area contributed by atoms with Crippen molar-refractivity contribution in [1.82, 2.24) is 0 Å². The van der Waals surface area contributed by atoms with Crippen molar-refractivity contribution < 1.29 is 45.2 Å². The largest absolute Gasteiger partial charge is 1.00 e. The molecule has 0 heterocycles. The van der Waals surface area contributed by atoms with Crippen molar-refractivity contribution in [2.75, 3.05) is 0 Å². The molecule has 0 aromatic heterocycles. The van der Waals surface area contributed by atoms with Crippen LogP contribution in [0.15, 0.2) is 40.3 Å². The topological polar surface area (TPSA) is 0 Å². The first-order valence-electron chi connectivity index (χ1n) is 5.40. The van der Waals surface area contributed by atoms with Crippen molar-refractivity contribution in [3.8, 4) is 0 Å². The van der Waals surface area contributed by atoms with Crippen molar-refractivity contribution in [3.05, 3.63) is 51.4 Å². The van der Waals surface area contributed by atoms with E-state index in [0.717, 1.165) is 6.42 Å². The zero-order valence-electron chi connectivity index (χ0n) is 10.0. The molecule has 1 aromatic rings. The number of halogens is 2. The minimum atomic E-state index is 0. The second-order valence-corrected chi connectivity index (χ2v) is 5.18. The summed E-state index contributed by atoms with van der Waals surface area (Å²) in [5.41, 5.74) is 4.30. The van der Waals surface area contributed by atoms with Gasteiger partial charge in [-0.1, -0.05) is 0 Å². The van der Waals surface area contributed by atoms with Crippen molar-refractivity contribution in [1.29, 1.82) is 0 Å². The van der Waals surface area contributed by atoms with Crippen LogP contribution >= 0.6 is 0 Å². The molecule has 2 rings (SSSR count). The molecule has 0 amide bonds. The summed E-state index contributed by atoms with van der Waals surface area (Å²) in [4.78, 5) is 0. The van der Waals surface area contributed by atoms with Gasteiger partial charge < -0.3 is 24.8 Å². The summed E-state index contributed by atoms with van der Waals surface area (Å²) in [5, 5.41) is 0. The molecular weight excluding hydrogens is 287 g/mol. The van der Waals surface area contributed by atoms with Crippen LogP contribution in [0, 0.1) is 0 Å². The van der Waals surface area contributed by atoms with E-state index >= 15 is 0 Å². The fourth-order valence-corrected chi connectivity index (χ4v) is 2.53. The Balaban J connectivity index is 0.00000128. The van der Waals surface area contributed by atoms with E-state index in [0.29, 0.717) is 5.92 Å². The van der Waals surface area contributed by atoms with E-state index < -0.39 is 0 Å². The van der Waals surface area contributed by atoms with Gasteiger partial charge in [-0.25, -0.2) is 0 Å². The van der Waals surface area contributed by atoms with Crippen LogP contribution in [0.3, 0.4) is 0 Å². The molecule has 0 radical (unpaired) electrons. The zero-order chi connectivity index (χ0) is 10.8. The molecular formula is C14H15Cl2Ti. The Hall–Kier alpha value is -0.00571. The molecule has 0 bridgehead atoms. The third-order valence-corrected chi connectivity index (χ3v) is 3.54. The second kappa shape index (κ2) is 7.43. The van der Waals surface area contributed by atoms with E-state index in [1.807, 2.05) is 0 Å². The van der Waals surface area contributed by atoms with Gasteiger partial charge in [0, 0.05) is 0 Å². The molecule has 0 nitrogen and oxygen atoms in total. The predicted octanol–water partition coefficient (Wildman–Crippen LogP) is -1.96. The Morgan fingerprint density at radius 2 is 1.76 bits per heavy atom. The van der Waals surface area contributed by atoms with Gasteiger partial charge in [0.15, 0.2) is 0 Å². The van der Waals surface area contributed by atoms with E-state index in [4.69, 9.17) is 0 Å². The molecule has 1 aliphatic rings. The molecule has 0 spiro atoms. The van der Waals surface area contributed by atoms with Crippen molar-refractivity contribution >= 4 is 5.57 Å². The van der Waals surface area contributed by atoms with Crippen LogP contribution in [-0.4, -0.2) is 0 Å². The smallest absolute Gasteiger partial charge is 1.00 e. The third kappa shape index (κ3) is 3.73. The molecule has 0 saturated heterocycles. The molecule has 17 heavy (non-hydrogen) atoms. The van der Waals surface area contributed by atoms with E-state index in [9.17, 15) is 0 Å². The minimum absolute atomic E-state index is 0. The first kappa shape index (κ1) is 17.0. The zero-order valence-corrected chi connectivity index (χ0v) is 13.1. The second-order valence-electron chi connectivity index (χ2n) is 4.24. The van der Waals surface area contributed by atoms with Crippen molar-refractivity contribution in [3.63, 3.8) is 0 Å². The van der Waals surface area contributed by atoms with Gasteiger partial charge >= 0.3 is 104 Å². The summed E-state index contributed by atoms with van der Waals surface area (Å²) in [6.45, 7) is 4.51. The maximum atomic E-state index is 2.26. The molecule has 1 aromatic carbocycles. The van der Waals surface area contributed by atoms with Crippen LogP contribution in [0.2, 0.25) is 0 Å². The number of hydrogen-bond donors (Lipinski definition) is 0. The molecule has 0 atom stereocenters. The number of hydrogen-bond acceptors (Lipinski definition) is 0. The molecule has 0 unspecified atom stereocenters. The molecule has 0 N–H and O–H groups in total. The first-order chi connectivity index (χ1) is 7.20. The van der Waals surface area contributed by atoms with E-state index in [2.05, 4.69) is 70.7 Å². The van der Waals surface area contributed by atoms with Crippen LogP contribution in [0.4, 0.5) is 0 Å². The monoisotopic (exact) mass is 301 g/mol. The summed E-state index contributed by atoms with van der Waals surface area (Å²) >= 11 is 2.23. The number of allylic oxidation sites excluding steroid dienone is 4. The predicted molar refractivity (Wildman–Crippen MR) is 61.2 cm³/mol. The van der Waals surface area contributed by atoms with Gasteiger partial charge in [-0.3, -0.25) is 0 Å². The van der Waals surface area contributed by atoms with Crippen LogP contribution in [-0.2, 0) is 20.4 Å². The van der Waals surface area contributed by atoms with Gasteiger partial charge in [0.1, 0.15) is 0 Å². The SMILES string of the molecule is CC(C)c1ccccc1C1=[C]([Ti+2])CC=C1.[Cl-].[Cl-]. The Labute approximate surface area is 128 Å². The fraction of sp³-hybridized carbons (Fsp3) is 0.286. The maximum absolute atomic E-state index is 2.26. The van der Waals surface area contributed by atoms with Gasteiger partial charge in [-0.15, -0.1) is 0 Å². The summed E-state index contributed by atoms with van der Waals surface area (Å²) in [6.07, 6.45) is 5.63. The number of rotatable bonds is 2. The van der Waals surface area contributed by atoms with Gasteiger partial charge in [-0.05, 0) is 0 Å². The average Bonchev–Trinajstić information content (AvgIpc) is 2.64. The molecule has 1 aliphatic carbocycles. The van der Waals surface area contributed by atoms with Crippen molar-refractivity contribution in [2.24, 2.45) is 0 Å². The molecule has 0 saturated carbocycles. The maximum Gasteiger partial charge on any atom is -1.00 e. The van der Waals surface area contributed by atoms with Crippen molar-refractivity contribution in [2.45, 2.75) is 26.2 Å². The fourth-order valence-electron chi connectivity index (χ4n) is 2.00. The molecule has 0 aliphatic heterocycles. The molecule has 0 fully saturated rings. The Kier molecular flexibility index (Phi) is 7.43. The van der Waals surface area contributed by atoms with E-state index in [1.165, 1.54) is 20.6 Å². The molecule has 89 valence electrons. The van der Waals surface area contributed by atoms with E-state index in [-0.39, 0.29) is 24.8 Å². The minimum Gasteiger partial charge on any atom is -1.00 e. The third-order valence-electron chi connectivity index (χ3n) is 2.80. The van der Waals surface area contributed by atoms with Gasteiger partial charge in [-0.2, -0.15) is 0 Å². The van der Waals surface area contributed by atoms with Crippen LogP contribution in [0.1, 0.15) is 37.3 Å². The summed E-state index contributed by atoms with van der Waals surface area (Å²) in [6, 6.07) is 8.75. The molecule has 3 heteroatoms. The van der Waals surface area contributed by atoms with Crippen LogP contribution < -0.4 is 24.8 Å². The summed E-state index contributed by atoms with van der Waals surface area (Å²) < 4.78 is 1.49. The van der Waals surface area contributed by atoms with Gasteiger partial charge in [0.2, 0.25) is 0 Å². The Bertz CT molecular complexity index is 434. The summed E-state index contributed by atoms with van der Waals surface area (Å²) in [7, 11) is 0. The van der Waals surface area contributed by atoms with Crippen LogP contribution in [0.5, 0.6) is 0 Å². The van der Waals surface area contributed by atoms with Crippen LogP contribution in [0.25, 0.3) is 5.57 Å². The first-order valence-corrected chi connectivity index (χ1v) is 6.19. The van der Waals surface area contributed by atoms with E-state index in [1.54, 1.807) is 0 Å². The van der Waals surface area contributed by atoms with Gasteiger partial charge in [0.25, 0.3) is 0 Å². The quantitative estimate of drug-likeness (QED) is 0.557. The number of benzene rings is 1. The normalized spacial score (nSPS) is 13.7. The van der Waals surface area contributed by atoms with Gasteiger partial charge in [0.05, 0.1) is 0 Å². The standard InChI is InChI=1S/C14H15.2ClH.Ti/c1-11(2)13-9-5-6-10-14(13)12-7-3-4-8-12;;;/h3,5-7,9-11H,4H2,1-2H3;2*1H;/q;;;+2/p-2. The summed E-state index contributed by atoms with van der Waals surface area (Å²) in [5.74, 6) is 0.593.